The molecule has 0 spiro atoms. The number of ether oxygens (including phenoxy) is 2. The fourth-order valence-electron chi connectivity index (χ4n) is 1.94. The van der Waals surface area contributed by atoms with E-state index < -0.39 is 0 Å². The Labute approximate surface area is 111 Å². The largest absolute Gasteiger partial charge is 0.353 e. The van der Waals surface area contributed by atoms with Crippen LogP contribution in [0.15, 0.2) is 41.4 Å². The first-order valence-corrected chi connectivity index (χ1v) is 6.74. The van der Waals surface area contributed by atoms with Gasteiger partial charge in [-0.1, -0.05) is 40.2 Å². The molecule has 1 aliphatic heterocycles. The number of halogens is 1. The maximum Gasteiger partial charge on any atom is 0.158 e. The van der Waals surface area contributed by atoms with Gasteiger partial charge in [-0.2, -0.15) is 0 Å². The summed E-state index contributed by atoms with van der Waals surface area (Å²) in [4.78, 5) is 0. The lowest BCUT2D eigenvalue weighted by molar-refractivity contribution is -0.180. The van der Waals surface area contributed by atoms with E-state index in [4.69, 9.17) is 9.47 Å². The highest BCUT2D eigenvalue weighted by Crippen LogP contribution is 2.29. The van der Waals surface area contributed by atoms with Crippen molar-refractivity contribution in [3.63, 3.8) is 0 Å². The molecule has 0 N–H and O–H groups in total. The summed E-state index contributed by atoms with van der Waals surface area (Å²) in [5.74, 6) is 0. The van der Waals surface area contributed by atoms with Crippen molar-refractivity contribution in [2.24, 2.45) is 0 Å². The minimum Gasteiger partial charge on any atom is -0.353 e. The Kier molecular flexibility index (Phi) is 4.77. The van der Waals surface area contributed by atoms with Crippen molar-refractivity contribution in [2.75, 3.05) is 6.61 Å². The molecule has 0 aromatic heterocycles. The summed E-state index contributed by atoms with van der Waals surface area (Å²) in [6.45, 7) is 4.64. The quantitative estimate of drug-likeness (QED) is 0.775. The smallest absolute Gasteiger partial charge is 0.158 e. The summed E-state index contributed by atoms with van der Waals surface area (Å²) in [6.07, 6.45) is 4.87. The summed E-state index contributed by atoms with van der Waals surface area (Å²) in [5.41, 5.74) is 1.09. The predicted molar refractivity (Wildman–Crippen MR) is 71.8 cm³/mol. The Bertz CT molecular complexity index is 372. The van der Waals surface area contributed by atoms with Crippen molar-refractivity contribution >= 4 is 15.9 Å². The highest BCUT2D eigenvalue weighted by molar-refractivity contribution is 9.10. The van der Waals surface area contributed by atoms with Crippen molar-refractivity contribution in [1.82, 2.24) is 0 Å². The molecule has 0 aliphatic carbocycles. The highest BCUT2D eigenvalue weighted by Gasteiger charge is 2.20. The zero-order chi connectivity index (χ0) is 12.1. The fraction of sp³-hybridized carbons (Fsp3) is 0.429. The van der Waals surface area contributed by atoms with Gasteiger partial charge in [0, 0.05) is 11.1 Å². The van der Waals surface area contributed by atoms with Gasteiger partial charge in [0.05, 0.1) is 0 Å². The molecule has 0 amide bonds. The maximum atomic E-state index is 5.94. The van der Waals surface area contributed by atoms with Gasteiger partial charge in [-0.15, -0.1) is 6.58 Å². The van der Waals surface area contributed by atoms with E-state index in [1.165, 1.54) is 6.42 Å². The third kappa shape index (κ3) is 3.41. The van der Waals surface area contributed by atoms with E-state index in [-0.39, 0.29) is 12.4 Å². The van der Waals surface area contributed by atoms with Crippen LogP contribution in [0.4, 0.5) is 0 Å². The van der Waals surface area contributed by atoms with Gasteiger partial charge in [0.15, 0.2) is 6.29 Å². The van der Waals surface area contributed by atoms with Crippen LogP contribution in [0.5, 0.6) is 0 Å². The third-order valence-corrected chi connectivity index (χ3v) is 3.58. The molecule has 0 radical (unpaired) electrons. The molecule has 2 nitrogen and oxygen atoms in total. The van der Waals surface area contributed by atoms with Gasteiger partial charge >= 0.3 is 0 Å². The SMILES string of the molecule is C=CC(OC1CCCCO1)c1ccccc1Br. The molecule has 1 aliphatic rings. The van der Waals surface area contributed by atoms with Crippen LogP contribution in [-0.4, -0.2) is 12.9 Å². The average Bonchev–Trinajstić information content (AvgIpc) is 2.38. The molecule has 92 valence electrons. The molecule has 3 heteroatoms. The van der Waals surface area contributed by atoms with E-state index in [0.29, 0.717) is 0 Å². The number of rotatable bonds is 4. The molecule has 1 saturated heterocycles. The maximum absolute atomic E-state index is 5.94. The second-order valence-corrected chi connectivity index (χ2v) is 4.96. The van der Waals surface area contributed by atoms with Gasteiger partial charge in [-0.3, -0.25) is 0 Å². The van der Waals surface area contributed by atoms with Crippen LogP contribution in [0.25, 0.3) is 0 Å². The number of hydrogen-bond donors (Lipinski definition) is 0. The number of benzene rings is 1. The highest BCUT2D eigenvalue weighted by atomic mass is 79.9. The van der Waals surface area contributed by atoms with E-state index in [0.717, 1.165) is 29.5 Å². The molecule has 1 heterocycles. The molecule has 1 aromatic rings. The van der Waals surface area contributed by atoms with Crippen molar-refractivity contribution in [3.05, 3.63) is 47.0 Å². The van der Waals surface area contributed by atoms with Crippen LogP contribution >= 0.6 is 15.9 Å². The van der Waals surface area contributed by atoms with Crippen LogP contribution < -0.4 is 0 Å². The van der Waals surface area contributed by atoms with Crippen LogP contribution in [0.3, 0.4) is 0 Å². The predicted octanol–water partition coefficient (Wildman–Crippen LogP) is 4.22. The van der Waals surface area contributed by atoms with Crippen molar-refractivity contribution in [3.8, 4) is 0 Å². The summed E-state index contributed by atoms with van der Waals surface area (Å²) < 4.78 is 12.6. The van der Waals surface area contributed by atoms with Gasteiger partial charge in [-0.05, 0) is 30.9 Å². The Balaban J connectivity index is 2.05. The van der Waals surface area contributed by atoms with Crippen LogP contribution in [0.1, 0.15) is 30.9 Å². The Morgan fingerprint density at radius 2 is 2.24 bits per heavy atom. The number of hydrogen-bond acceptors (Lipinski definition) is 2. The van der Waals surface area contributed by atoms with E-state index in [1.807, 2.05) is 30.3 Å². The first-order valence-electron chi connectivity index (χ1n) is 5.95. The topological polar surface area (TPSA) is 18.5 Å². The van der Waals surface area contributed by atoms with Crippen LogP contribution in [0.2, 0.25) is 0 Å². The monoisotopic (exact) mass is 296 g/mol. The van der Waals surface area contributed by atoms with E-state index in [9.17, 15) is 0 Å². The van der Waals surface area contributed by atoms with Crippen molar-refractivity contribution in [1.29, 1.82) is 0 Å². The van der Waals surface area contributed by atoms with Gasteiger partial charge in [0.1, 0.15) is 6.10 Å². The van der Waals surface area contributed by atoms with Crippen molar-refractivity contribution < 1.29 is 9.47 Å². The third-order valence-electron chi connectivity index (χ3n) is 2.86. The fourth-order valence-corrected chi connectivity index (χ4v) is 2.45. The first-order chi connectivity index (χ1) is 8.31. The summed E-state index contributed by atoms with van der Waals surface area (Å²) in [6, 6.07) is 8.04. The molecule has 1 aromatic carbocycles. The van der Waals surface area contributed by atoms with Gasteiger partial charge in [0.25, 0.3) is 0 Å². The Hall–Kier alpha value is -0.640. The molecule has 2 unspecified atom stereocenters. The molecule has 2 rings (SSSR count). The molecule has 17 heavy (non-hydrogen) atoms. The van der Waals surface area contributed by atoms with Gasteiger partial charge in [-0.25, -0.2) is 0 Å². The average molecular weight is 297 g/mol. The summed E-state index contributed by atoms with van der Waals surface area (Å²) >= 11 is 3.53. The van der Waals surface area contributed by atoms with E-state index >= 15 is 0 Å². The minimum absolute atomic E-state index is 0.0983. The first kappa shape index (κ1) is 12.8. The molecule has 1 fully saturated rings. The van der Waals surface area contributed by atoms with Gasteiger partial charge < -0.3 is 9.47 Å². The summed E-state index contributed by atoms with van der Waals surface area (Å²) in [7, 11) is 0. The molecular weight excluding hydrogens is 280 g/mol. The zero-order valence-corrected chi connectivity index (χ0v) is 11.4. The van der Waals surface area contributed by atoms with Crippen LogP contribution in [-0.2, 0) is 9.47 Å². The zero-order valence-electron chi connectivity index (χ0n) is 9.77. The lowest BCUT2D eigenvalue weighted by Gasteiger charge is -2.26. The van der Waals surface area contributed by atoms with E-state index in [1.54, 1.807) is 0 Å². The minimum atomic E-state index is -0.117. The molecule has 2 atom stereocenters. The Morgan fingerprint density at radius 1 is 1.41 bits per heavy atom. The lowest BCUT2D eigenvalue weighted by Crippen LogP contribution is -2.24. The molecule has 0 bridgehead atoms. The van der Waals surface area contributed by atoms with E-state index in [2.05, 4.69) is 22.5 Å². The molecular formula is C14H17BrO2. The summed E-state index contributed by atoms with van der Waals surface area (Å²) in [5, 5.41) is 0. The lowest BCUT2D eigenvalue weighted by atomic mass is 10.1. The van der Waals surface area contributed by atoms with Crippen molar-refractivity contribution in [2.45, 2.75) is 31.7 Å². The second-order valence-electron chi connectivity index (χ2n) is 4.11. The normalized spacial score (nSPS) is 22.1. The molecule has 0 saturated carbocycles. The standard InChI is InChI=1S/C14H17BrO2/c1-2-13(11-7-3-4-8-12(11)15)17-14-9-5-6-10-16-14/h2-4,7-8,13-14H,1,5-6,9-10H2. The van der Waals surface area contributed by atoms with Gasteiger partial charge in [0.2, 0.25) is 0 Å². The second kappa shape index (κ2) is 6.34. The Morgan fingerprint density at radius 3 is 2.88 bits per heavy atom. The van der Waals surface area contributed by atoms with Crippen LogP contribution in [0, 0.1) is 0 Å².